The predicted molar refractivity (Wildman–Crippen MR) is 73.6 cm³/mol. The van der Waals surface area contributed by atoms with Crippen LogP contribution >= 0.6 is 0 Å². The van der Waals surface area contributed by atoms with Gasteiger partial charge >= 0.3 is 0 Å². The summed E-state index contributed by atoms with van der Waals surface area (Å²) < 4.78 is 5.31. The van der Waals surface area contributed by atoms with Crippen LogP contribution in [0.4, 0.5) is 5.69 Å². The summed E-state index contributed by atoms with van der Waals surface area (Å²) in [7, 11) is 1.73. The van der Waals surface area contributed by atoms with Gasteiger partial charge in [-0.3, -0.25) is 5.10 Å². The van der Waals surface area contributed by atoms with E-state index < -0.39 is 0 Å². The highest BCUT2D eigenvalue weighted by molar-refractivity contribution is 5.64. The van der Waals surface area contributed by atoms with Crippen LogP contribution in [0.25, 0.3) is 11.3 Å². The van der Waals surface area contributed by atoms with E-state index in [0.29, 0.717) is 0 Å². The Hall–Kier alpha value is -1.81. The summed E-state index contributed by atoms with van der Waals surface area (Å²) in [5, 5.41) is 10.4. The number of H-pyrrole nitrogens is 1. The second-order valence-corrected chi connectivity index (χ2v) is 4.42. The van der Waals surface area contributed by atoms with Crippen molar-refractivity contribution in [2.24, 2.45) is 0 Å². The highest BCUT2D eigenvalue weighted by Crippen LogP contribution is 2.21. The Morgan fingerprint density at radius 1 is 1.28 bits per heavy atom. The molecule has 4 heteroatoms. The first-order valence-electron chi connectivity index (χ1n) is 6.10. The molecule has 0 fully saturated rings. The Kier molecular flexibility index (Phi) is 3.99. The van der Waals surface area contributed by atoms with Crippen molar-refractivity contribution < 1.29 is 4.74 Å². The number of benzene rings is 1. The van der Waals surface area contributed by atoms with Crippen molar-refractivity contribution in [3.63, 3.8) is 0 Å². The maximum Gasteiger partial charge on any atom is 0.0741 e. The molecule has 2 N–H and O–H groups in total. The first-order chi connectivity index (χ1) is 8.70. The summed E-state index contributed by atoms with van der Waals surface area (Å²) in [4.78, 5) is 0. The molecule has 96 valence electrons. The largest absolute Gasteiger partial charge is 0.380 e. The first kappa shape index (κ1) is 12.6. The number of aromatic amines is 1. The normalized spacial score (nSPS) is 14.2. The molecular weight excluding hydrogens is 226 g/mol. The average Bonchev–Trinajstić information content (AvgIpc) is 2.92. The molecule has 0 aliphatic rings. The van der Waals surface area contributed by atoms with Gasteiger partial charge in [0.15, 0.2) is 0 Å². The van der Waals surface area contributed by atoms with Crippen LogP contribution in [-0.2, 0) is 4.74 Å². The molecule has 0 saturated heterocycles. The third-order valence-corrected chi connectivity index (χ3v) is 3.14. The number of rotatable bonds is 5. The van der Waals surface area contributed by atoms with Gasteiger partial charge in [0.1, 0.15) is 0 Å². The van der Waals surface area contributed by atoms with Crippen LogP contribution in [0.15, 0.2) is 36.5 Å². The van der Waals surface area contributed by atoms with Gasteiger partial charge < -0.3 is 10.1 Å². The maximum atomic E-state index is 5.31. The molecule has 2 unspecified atom stereocenters. The Morgan fingerprint density at radius 2 is 2.11 bits per heavy atom. The van der Waals surface area contributed by atoms with Gasteiger partial charge in [-0.2, -0.15) is 5.10 Å². The standard InChI is InChI=1S/C14H19N3O/c1-10(11(2)18-3)16-13-6-4-5-12(9-13)14-7-8-15-17-14/h4-11,16H,1-3H3,(H,15,17). The minimum absolute atomic E-state index is 0.167. The van der Waals surface area contributed by atoms with Crippen LogP contribution in [0.2, 0.25) is 0 Å². The number of hydrogen-bond acceptors (Lipinski definition) is 3. The SMILES string of the molecule is COC(C)C(C)Nc1cccc(-c2ccn[nH]2)c1. The highest BCUT2D eigenvalue weighted by Gasteiger charge is 2.10. The van der Waals surface area contributed by atoms with Crippen molar-refractivity contribution in [3.8, 4) is 11.3 Å². The van der Waals surface area contributed by atoms with E-state index in [-0.39, 0.29) is 12.1 Å². The van der Waals surface area contributed by atoms with Crippen LogP contribution < -0.4 is 5.32 Å². The van der Waals surface area contributed by atoms with Gasteiger partial charge in [-0.1, -0.05) is 12.1 Å². The summed E-state index contributed by atoms with van der Waals surface area (Å²) in [6.45, 7) is 4.16. The Morgan fingerprint density at radius 3 is 2.78 bits per heavy atom. The van der Waals surface area contributed by atoms with E-state index in [1.165, 1.54) is 0 Å². The number of anilines is 1. The molecule has 0 saturated carbocycles. The van der Waals surface area contributed by atoms with Crippen LogP contribution in [0.3, 0.4) is 0 Å². The lowest BCUT2D eigenvalue weighted by Gasteiger charge is -2.21. The molecule has 2 rings (SSSR count). The molecule has 2 aromatic rings. The fourth-order valence-corrected chi connectivity index (χ4v) is 1.78. The second-order valence-electron chi connectivity index (χ2n) is 4.42. The lowest BCUT2D eigenvalue weighted by Crippen LogP contribution is -2.29. The molecule has 0 bridgehead atoms. The molecule has 0 spiro atoms. The summed E-state index contributed by atoms with van der Waals surface area (Å²) in [6.07, 6.45) is 1.92. The van der Waals surface area contributed by atoms with Crippen molar-refractivity contribution in [3.05, 3.63) is 36.5 Å². The number of nitrogens with one attached hydrogen (secondary N) is 2. The zero-order valence-electron chi connectivity index (χ0n) is 11.0. The van der Waals surface area contributed by atoms with E-state index in [0.717, 1.165) is 16.9 Å². The maximum absolute atomic E-state index is 5.31. The summed E-state index contributed by atoms with van der Waals surface area (Å²) in [5.41, 5.74) is 3.22. The lowest BCUT2D eigenvalue weighted by atomic mass is 10.1. The molecule has 2 atom stereocenters. The Labute approximate surface area is 107 Å². The Bertz CT molecular complexity index is 482. The third-order valence-electron chi connectivity index (χ3n) is 3.14. The van der Waals surface area contributed by atoms with Crippen LogP contribution in [0.5, 0.6) is 0 Å². The molecule has 0 aliphatic heterocycles. The number of methoxy groups -OCH3 is 1. The van der Waals surface area contributed by atoms with E-state index in [2.05, 4.69) is 47.6 Å². The van der Waals surface area contributed by atoms with Gasteiger partial charge in [0.25, 0.3) is 0 Å². The van der Waals surface area contributed by atoms with Crippen molar-refractivity contribution in [1.82, 2.24) is 10.2 Å². The molecule has 18 heavy (non-hydrogen) atoms. The molecule has 1 aromatic carbocycles. The fourth-order valence-electron chi connectivity index (χ4n) is 1.78. The zero-order chi connectivity index (χ0) is 13.0. The van der Waals surface area contributed by atoms with Crippen LogP contribution in [0.1, 0.15) is 13.8 Å². The molecular formula is C14H19N3O. The average molecular weight is 245 g/mol. The van der Waals surface area contributed by atoms with Crippen molar-refractivity contribution >= 4 is 5.69 Å². The number of ether oxygens (including phenoxy) is 1. The van der Waals surface area contributed by atoms with Crippen molar-refractivity contribution in [2.45, 2.75) is 26.0 Å². The van der Waals surface area contributed by atoms with E-state index in [1.54, 1.807) is 13.3 Å². The van der Waals surface area contributed by atoms with Gasteiger partial charge in [-0.25, -0.2) is 0 Å². The molecule has 0 aliphatic carbocycles. The number of nitrogens with zero attached hydrogens (tertiary/aromatic N) is 1. The number of aromatic nitrogens is 2. The van der Waals surface area contributed by atoms with Gasteiger partial charge in [-0.05, 0) is 32.0 Å². The summed E-state index contributed by atoms with van der Waals surface area (Å²) >= 11 is 0. The lowest BCUT2D eigenvalue weighted by molar-refractivity contribution is 0.106. The van der Waals surface area contributed by atoms with Crippen molar-refractivity contribution in [2.75, 3.05) is 12.4 Å². The van der Waals surface area contributed by atoms with E-state index in [9.17, 15) is 0 Å². The van der Waals surface area contributed by atoms with Gasteiger partial charge in [0.05, 0.1) is 11.8 Å². The minimum Gasteiger partial charge on any atom is -0.380 e. The zero-order valence-corrected chi connectivity index (χ0v) is 11.0. The monoisotopic (exact) mass is 245 g/mol. The number of hydrogen-bond donors (Lipinski definition) is 2. The van der Waals surface area contributed by atoms with E-state index >= 15 is 0 Å². The summed E-state index contributed by atoms with van der Waals surface area (Å²) in [6, 6.07) is 10.5. The van der Waals surface area contributed by atoms with Crippen LogP contribution in [-0.4, -0.2) is 29.5 Å². The molecule has 0 amide bonds. The predicted octanol–water partition coefficient (Wildman–Crippen LogP) is 2.91. The molecule has 0 radical (unpaired) electrons. The van der Waals surface area contributed by atoms with E-state index in [1.807, 2.05) is 12.1 Å². The molecule has 1 heterocycles. The van der Waals surface area contributed by atoms with Gasteiger partial charge in [-0.15, -0.1) is 0 Å². The van der Waals surface area contributed by atoms with Crippen LogP contribution in [0, 0.1) is 0 Å². The fraction of sp³-hybridized carbons (Fsp3) is 0.357. The molecule has 1 aromatic heterocycles. The van der Waals surface area contributed by atoms with Crippen molar-refractivity contribution in [1.29, 1.82) is 0 Å². The minimum atomic E-state index is 0.167. The molecule has 4 nitrogen and oxygen atoms in total. The smallest absolute Gasteiger partial charge is 0.0741 e. The highest BCUT2D eigenvalue weighted by atomic mass is 16.5. The van der Waals surface area contributed by atoms with E-state index in [4.69, 9.17) is 4.74 Å². The quantitative estimate of drug-likeness (QED) is 0.851. The van der Waals surface area contributed by atoms with Gasteiger partial charge in [0.2, 0.25) is 0 Å². The first-order valence-corrected chi connectivity index (χ1v) is 6.10. The Balaban J connectivity index is 2.13. The van der Waals surface area contributed by atoms with Gasteiger partial charge in [0, 0.05) is 30.6 Å². The topological polar surface area (TPSA) is 49.9 Å². The second kappa shape index (κ2) is 5.69. The third kappa shape index (κ3) is 2.90. The summed E-state index contributed by atoms with van der Waals surface area (Å²) in [5.74, 6) is 0.